The van der Waals surface area contributed by atoms with Crippen LogP contribution in [0.3, 0.4) is 0 Å². The molecule has 0 aromatic heterocycles. The van der Waals surface area contributed by atoms with E-state index in [1.807, 2.05) is 0 Å². The van der Waals surface area contributed by atoms with Gasteiger partial charge in [0.15, 0.2) is 0 Å². The first-order valence-electron chi connectivity index (χ1n) is 12.8. The number of rotatable bonds is 6. The molecule has 6 aromatic carbocycles. The van der Waals surface area contributed by atoms with E-state index in [0.717, 1.165) is 0 Å². The van der Waals surface area contributed by atoms with Crippen molar-refractivity contribution in [1.29, 1.82) is 0 Å². The average molecular weight is 494 g/mol. The molecule has 37 heavy (non-hydrogen) atoms. The van der Waals surface area contributed by atoms with Crippen LogP contribution < -0.4 is 31.8 Å². The summed E-state index contributed by atoms with van der Waals surface area (Å²) in [6.45, 7) is 0. The van der Waals surface area contributed by atoms with Gasteiger partial charge in [0.05, 0.1) is 0 Å². The molecule has 0 atom stereocenters. The van der Waals surface area contributed by atoms with Crippen LogP contribution in [0.1, 0.15) is 0 Å². The Bertz CT molecular complexity index is 1270. The molecular formula is C36H30P-. The molecule has 0 unspecified atom stereocenters. The van der Waals surface area contributed by atoms with Gasteiger partial charge in [-0.05, 0) is 0 Å². The van der Waals surface area contributed by atoms with Crippen molar-refractivity contribution in [3.8, 4) is 0 Å². The molecule has 0 nitrogen and oxygen atoms in total. The van der Waals surface area contributed by atoms with Crippen LogP contribution >= 0.6 is 5.94 Å². The summed E-state index contributed by atoms with van der Waals surface area (Å²) in [5, 5.41) is 7.80. The van der Waals surface area contributed by atoms with E-state index in [9.17, 15) is 0 Å². The van der Waals surface area contributed by atoms with Gasteiger partial charge < -0.3 is 0 Å². The van der Waals surface area contributed by atoms with Crippen molar-refractivity contribution in [3.63, 3.8) is 0 Å². The van der Waals surface area contributed by atoms with Crippen molar-refractivity contribution in [1.82, 2.24) is 0 Å². The zero-order valence-electron chi connectivity index (χ0n) is 20.8. The van der Waals surface area contributed by atoms with E-state index >= 15 is 0 Å². The minimum absolute atomic E-state index is 1.30. The Morgan fingerprint density at radius 3 is 0.459 bits per heavy atom. The predicted octanol–water partition coefficient (Wildman–Crippen LogP) is 6.03. The van der Waals surface area contributed by atoms with Crippen LogP contribution in [0.2, 0.25) is 0 Å². The molecule has 0 heterocycles. The molecule has 0 saturated carbocycles. The molecule has 6 rings (SSSR count). The molecule has 0 amide bonds. The van der Waals surface area contributed by atoms with Gasteiger partial charge in [0.2, 0.25) is 0 Å². The Morgan fingerprint density at radius 2 is 0.324 bits per heavy atom. The molecule has 180 valence electrons. The Hall–Kier alpha value is -4.25. The fourth-order valence-corrected chi connectivity index (χ4v) is 17.0. The number of hydrogen-bond acceptors (Lipinski definition) is 0. The van der Waals surface area contributed by atoms with Crippen molar-refractivity contribution in [2.24, 2.45) is 0 Å². The standard InChI is InChI=1S/C36H30P/c1-7-19-31(20-8-1)37(32-21-9-2-10-22-32,33-23-11-3-12-24-33,34-25-13-4-14-26-34,35-27-15-5-16-28-35)36-29-17-6-18-30-36/h1-30H/q-1. The van der Waals surface area contributed by atoms with Gasteiger partial charge in [-0.25, -0.2) is 0 Å². The maximum absolute atomic E-state index is 4.56. The van der Waals surface area contributed by atoms with Crippen LogP contribution in [0.5, 0.6) is 0 Å². The topological polar surface area (TPSA) is 0 Å². The molecule has 0 bridgehead atoms. The summed E-state index contributed by atoms with van der Waals surface area (Å²) >= 11 is 0. The van der Waals surface area contributed by atoms with Crippen LogP contribution in [0, 0.1) is 0 Å². The second kappa shape index (κ2) is 8.70. The average Bonchev–Trinajstić information content (AvgIpc) is 3.02. The molecule has 0 aliphatic rings. The van der Waals surface area contributed by atoms with Gasteiger partial charge in [-0.1, -0.05) is 0 Å². The van der Waals surface area contributed by atoms with Gasteiger partial charge in [-0.3, -0.25) is 0 Å². The molecular weight excluding hydrogens is 463 g/mol. The van der Waals surface area contributed by atoms with Crippen molar-refractivity contribution >= 4 is 37.8 Å². The first-order valence-corrected chi connectivity index (χ1v) is 15.5. The van der Waals surface area contributed by atoms with E-state index in [4.69, 9.17) is 0 Å². The molecule has 0 N–H and O–H groups in total. The zero-order chi connectivity index (χ0) is 25.1. The SMILES string of the molecule is c1ccc([P-](c2ccccc2)(c2ccccc2)(c2ccccc2)(c2ccccc2)c2ccccc2)cc1. The van der Waals surface area contributed by atoms with Gasteiger partial charge in [0.25, 0.3) is 0 Å². The van der Waals surface area contributed by atoms with Gasteiger partial charge >= 0.3 is 220 Å². The second-order valence-electron chi connectivity index (χ2n) is 9.69. The Balaban J connectivity index is 2.15. The fourth-order valence-electron chi connectivity index (χ4n) is 7.04. The van der Waals surface area contributed by atoms with Gasteiger partial charge in [-0.15, -0.1) is 0 Å². The summed E-state index contributed by atoms with van der Waals surface area (Å²) in [7, 11) is 0. The fraction of sp³-hybridized carbons (Fsp3) is 0. The Kier molecular flexibility index (Phi) is 5.45. The number of hydrogen-bond donors (Lipinski definition) is 0. The van der Waals surface area contributed by atoms with Crippen molar-refractivity contribution in [2.45, 2.75) is 0 Å². The van der Waals surface area contributed by atoms with E-state index in [1.165, 1.54) is 31.8 Å². The third-order valence-electron chi connectivity index (χ3n) is 8.41. The van der Waals surface area contributed by atoms with Gasteiger partial charge in [0, 0.05) is 0 Å². The second-order valence-corrected chi connectivity index (χ2v) is 16.1. The molecule has 0 spiro atoms. The van der Waals surface area contributed by atoms with Gasteiger partial charge in [-0.2, -0.15) is 0 Å². The molecule has 1 heteroatoms. The van der Waals surface area contributed by atoms with E-state index in [0.29, 0.717) is 0 Å². The predicted molar refractivity (Wildman–Crippen MR) is 163 cm³/mol. The van der Waals surface area contributed by atoms with Crippen LogP contribution in [0.15, 0.2) is 182 Å². The molecule has 0 radical (unpaired) electrons. The van der Waals surface area contributed by atoms with E-state index in [2.05, 4.69) is 182 Å². The zero-order valence-corrected chi connectivity index (χ0v) is 21.7. The number of benzene rings is 6. The molecule has 0 fully saturated rings. The van der Waals surface area contributed by atoms with Crippen LogP contribution in [-0.4, -0.2) is 0 Å². The molecule has 0 aliphatic carbocycles. The summed E-state index contributed by atoms with van der Waals surface area (Å²) in [4.78, 5) is 0. The van der Waals surface area contributed by atoms with Crippen molar-refractivity contribution in [2.75, 3.05) is 0 Å². The van der Waals surface area contributed by atoms with Crippen LogP contribution in [0.25, 0.3) is 0 Å². The third kappa shape index (κ3) is 2.61. The molecule has 0 aliphatic heterocycles. The first-order chi connectivity index (χ1) is 18.3. The third-order valence-corrected chi connectivity index (χ3v) is 17.9. The summed E-state index contributed by atoms with van der Waals surface area (Å²) in [6, 6.07) is 67.3. The van der Waals surface area contributed by atoms with Gasteiger partial charge in [0.1, 0.15) is 0 Å². The van der Waals surface area contributed by atoms with Crippen LogP contribution in [0.4, 0.5) is 0 Å². The summed E-state index contributed by atoms with van der Waals surface area (Å²) in [5.41, 5.74) is 0. The first kappa shape index (κ1) is 23.2. The summed E-state index contributed by atoms with van der Waals surface area (Å²) in [6.07, 6.45) is 0. The monoisotopic (exact) mass is 493 g/mol. The normalized spacial score (nSPS) is 13.3. The summed E-state index contributed by atoms with van der Waals surface area (Å²) < 4.78 is 0. The summed E-state index contributed by atoms with van der Waals surface area (Å²) in [5.74, 6) is -4.56. The minimum atomic E-state index is -4.56. The Labute approximate surface area is 219 Å². The quantitative estimate of drug-likeness (QED) is 0.249. The van der Waals surface area contributed by atoms with Crippen molar-refractivity contribution < 1.29 is 0 Å². The van der Waals surface area contributed by atoms with E-state index in [1.54, 1.807) is 0 Å². The van der Waals surface area contributed by atoms with Crippen molar-refractivity contribution in [3.05, 3.63) is 182 Å². The van der Waals surface area contributed by atoms with Crippen LogP contribution in [-0.2, 0) is 0 Å². The molecule has 6 aromatic rings. The Morgan fingerprint density at radius 1 is 0.189 bits per heavy atom. The van der Waals surface area contributed by atoms with E-state index in [-0.39, 0.29) is 0 Å². The maximum atomic E-state index is 2.35. The molecule has 0 saturated heterocycles. The van der Waals surface area contributed by atoms with E-state index < -0.39 is 5.94 Å².